The third-order valence-electron chi connectivity index (χ3n) is 10.7. The number of ether oxygens (including phenoxy) is 3. The monoisotopic (exact) mass is 737 g/mol. The first kappa shape index (κ1) is 50.4. The van der Waals surface area contributed by atoms with E-state index in [1.54, 1.807) is 0 Å². The van der Waals surface area contributed by atoms with Crippen molar-refractivity contribution in [2.24, 2.45) is 5.92 Å². The molecule has 0 amide bonds. The Labute approximate surface area is 323 Å². The number of hydrogen-bond donors (Lipinski definition) is 0. The molecule has 2 atom stereocenters. The van der Waals surface area contributed by atoms with Crippen molar-refractivity contribution < 1.29 is 28.6 Å². The third kappa shape index (κ3) is 38.1. The van der Waals surface area contributed by atoms with E-state index < -0.39 is 6.10 Å². The van der Waals surface area contributed by atoms with Gasteiger partial charge in [0.15, 0.2) is 6.10 Å². The van der Waals surface area contributed by atoms with Gasteiger partial charge in [-0.25, -0.2) is 0 Å². The first-order valence-corrected chi connectivity index (χ1v) is 22.9. The quantitative estimate of drug-likeness (QED) is 0.0353. The molecule has 0 spiro atoms. The van der Waals surface area contributed by atoms with Crippen LogP contribution in [0.25, 0.3) is 0 Å². The summed E-state index contributed by atoms with van der Waals surface area (Å²) in [6.45, 7) is 8.89. The molecule has 6 heteroatoms. The minimum atomic E-state index is -0.758. The molecular formula is C46H88O6. The van der Waals surface area contributed by atoms with Crippen LogP contribution in [0.3, 0.4) is 0 Å². The molecule has 6 nitrogen and oxygen atoms in total. The molecule has 1 unspecified atom stereocenters. The van der Waals surface area contributed by atoms with Gasteiger partial charge >= 0.3 is 17.9 Å². The Morgan fingerprint density at radius 3 is 1.00 bits per heavy atom. The number of carbonyl (C=O) groups excluding carboxylic acids is 3. The molecule has 0 saturated carbocycles. The second-order valence-corrected chi connectivity index (χ2v) is 15.9. The Balaban J connectivity index is 4.10. The van der Waals surface area contributed by atoms with Gasteiger partial charge in [0, 0.05) is 19.3 Å². The highest BCUT2D eigenvalue weighted by molar-refractivity contribution is 5.71. The molecule has 0 N–H and O–H groups in total. The van der Waals surface area contributed by atoms with Gasteiger partial charge in [-0.3, -0.25) is 14.4 Å². The summed E-state index contributed by atoms with van der Waals surface area (Å²) in [7, 11) is 0. The minimum absolute atomic E-state index is 0.0658. The Morgan fingerprint density at radius 1 is 0.385 bits per heavy atom. The zero-order valence-corrected chi connectivity index (χ0v) is 35.3. The van der Waals surface area contributed by atoms with Crippen molar-refractivity contribution in [3.63, 3.8) is 0 Å². The van der Waals surface area contributed by atoms with Gasteiger partial charge in [-0.05, 0) is 25.2 Å². The zero-order chi connectivity index (χ0) is 38.2. The molecule has 0 saturated heterocycles. The molecule has 0 rings (SSSR count). The largest absolute Gasteiger partial charge is 0.462 e. The van der Waals surface area contributed by atoms with E-state index in [1.807, 2.05) is 0 Å². The standard InChI is InChI=1S/C46H88O6/c1-5-8-10-12-13-14-15-16-17-18-19-20-21-22-23-24-25-30-34-38-45(48)51-41-43(40-50-44(47)37-33-28-11-9-6-2)52-46(49)39-35-31-27-26-29-32-36-42(4)7-3/h42-43H,5-41H2,1-4H3/t42?,43-/m0/s1. The van der Waals surface area contributed by atoms with Gasteiger partial charge in [-0.1, -0.05) is 214 Å². The molecule has 0 bridgehead atoms. The zero-order valence-electron chi connectivity index (χ0n) is 35.3. The maximum atomic E-state index is 12.6. The van der Waals surface area contributed by atoms with Crippen LogP contribution in [0.2, 0.25) is 0 Å². The van der Waals surface area contributed by atoms with Crippen LogP contribution < -0.4 is 0 Å². The van der Waals surface area contributed by atoms with Gasteiger partial charge < -0.3 is 14.2 Å². The van der Waals surface area contributed by atoms with E-state index in [4.69, 9.17) is 14.2 Å². The van der Waals surface area contributed by atoms with Gasteiger partial charge in [-0.2, -0.15) is 0 Å². The second kappa shape index (κ2) is 40.6. The maximum Gasteiger partial charge on any atom is 0.306 e. The average Bonchev–Trinajstić information content (AvgIpc) is 3.14. The summed E-state index contributed by atoms with van der Waals surface area (Å²) in [5.74, 6) is -0.0624. The normalized spacial score (nSPS) is 12.5. The van der Waals surface area contributed by atoms with Gasteiger partial charge in [-0.15, -0.1) is 0 Å². The molecule has 0 aliphatic rings. The molecule has 52 heavy (non-hydrogen) atoms. The van der Waals surface area contributed by atoms with E-state index in [2.05, 4.69) is 27.7 Å². The Kier molecular flexibility index (Phi) is 39.4. The van der Waals surface area contributed by atoms with Crippen LogP contribution >= 0.6 is 0 Å². The van der Waals surface area contributed by atoms with Gasteiger partial charge in [0.25, 0.3) is 0 Å². The molecule has 0 aliphatic carbocycles. The molecule has 0 fully saturated rings. The highest BCUT2D eigenvalue weighted by atomic mass is 16.6. The molecule has 0 heterocycles. The van der Waals surface area contributed by atoms with Crippen LogP contribution in [0.4, 0.5) is 0 Å². The van der Waals surface area contributed by atoms with Gasteiger partial charge in [0.05, 0.1) is 0 Å². The van der Waals surface area contributed by atoms with Crippen molar-refractivity contribution in [3.05, 3.63) is 0 Å². The van der Waals surface area contributed by atoms with Crippen molar-refractivity contribution in [1.29, 1.82) is 0 Å². The van der Waals surface area contributed by atoms with Crippen LogP contribution in [0, 0.1) is 5.92 Å². The minimum Gasteiger partial charge on any atom is -0.462 e. The lowest BCUT2D eigenvalue weighted by Gasteiger charge is -2.18. The van der Waals surface area contributed by atoms with Crippen LogP contribution in [0.1, 0.15) is 252 Å². The van der Waals surface area contributed by atoms with E-state index in [0.717, 1.165) is 70.1 Å². The molecule has 0 aliphatic heterocycles. The maximum absolute atomic E-state index is 12.6. The topological polar surface area (TPSA) is 78.9 Å². The molecule has 0 aromatic carbocycles. The lowest BCUT2D eigenvalue weighted by molar-refractivity contribution is -0.167. The number of hydrogen-bond acceptors (Lipinski definition) is 6. The SMILES string of the molecule is CCCCCCCCCCCCCCCCCCCCCC(=O)OC[C@H](COC(=O)CCCCCCC)OC(=O)CCCCCCCCC(C)CC. The fraction of sp³-hybridized carbons (Fsp3) is 0.935. The Hall–Kier alpha value is -1.59. The lowest BCUT2D eigenvalue weighted by atomic mass is 10.00. The van der Waals surface area contributed by atoms with E-state index in [9.17, 15) is 14.4 Å². The second-order valence-electron chi connectivity index (χ2n) is 15.9. The summed E-state index contributed by atoms with van der Waals surface area (Å²) in [6, 6.07) is 0. The average molecular weight is 737 g/mol. The fourth-order valence-electron chi connectivity index (χ4n) is 6.77. The lowest BCUT2D eigenvalue weighted by Crippen LogP contribution is -2.30. The highest BCUT2D eigenvalue weighted by Crippen LogP contribution is 2.17. The highest BCUT2D eigenvalue weighted by Gasteiger charge is 2.19. The van der Waals surface area contributed by atoms with Crippen molar-refractivity contribution in [2.45, 2.75) is 259 Å². The summed E-state index contributed by atoms with van der Waals surface area (Å²) < 4.78 is 16.6. The smallest absolute Gasteiger partial charge is 0.306 e. The first-order valence-electron chi connectivity index (χ1n) is 22.9. The third-order valence-corrected chi connectivity index (χ3v) is 10.7. The predicted octanol–water partition coefficient (Wildman–Crippen LogP) is 14.3. The molecule has 0 radical (unpaired) electrons. The van der Waals surface area contributed by atoms with Gasteiger partial charge in [0.1, 0.15) is 13.2 Å². The molecule has 0 aromatic rings. The van der Waals surface area contributed by atoms with E-state index in [-0.39, 0.29) is 31.1 Å². The number of unbranched alkanes of at least 4 members (excludes halogenated alkanes) is 27. The van der Waals surface area contributed by atoms with Gasteiger partial charge in [0.2, 0.25) is 0 Å². The first-order chi connectivity index (χ1) is 25.4. The summed E-state index contributed by atoms with van der Waals surface area (Å²) >= 11 is 0. The molecule has 308 valence electrons. The van der Waals surface area contributed by atoms with E-state index >= 15 is 0 Å². The summed E-state index contributed by atoms with van der Waals surface area (Å²) in [5.41, 5.74) is 0. The number of carbonyl (C=O) groups is 3. The summed E-state index contributed by atoms with van der Waals surface area (Å²) in [6.07, 6.45) is 39.9. The van der Waals surface area contributed by atoms with Crippen LogP contribution in [0.15, 0.2) is 0 Å². The summed E-state index contributed by atoms with van der Waals surface area (Å²) in [5, 5.41) is 0. The Morgan fingerprint density at radius 2 is 0.673 bits per heavy atom. The predicted molar refractivity (Wildman–Crippen MR) is 220 cm³/mol. The van der Waals surface area contributed by atoms with Crippen molar-refractivity contribution in [3.8, 4) is 0 Å². The van der Waals surface area contributed by atoms with Crippen LogP contribution in [0.5, 0.6) is 0 Å². The van der Waals surface area contributed by atoms with Crippen molar-refractivity contribution >= 4 is 17.9 Å². The van der Waals surface area contributed by atoms with E-state index in [1.165, 1.54) is 141 Å². The fourth-order valence-corrected chi connectivity index (χ4v) is 6.77. The molecular weight excluding hydrogens is 648 g/mol. The van der Waals surface area contributed by atoms with Crippen molar-refractivity contribution in [1.82, 2.24) is 0 Å². The summed E-state index contributed by atoms with van der Waals surface area (Å²) in [4.78, 5) is 37.4. The Bertz CT molecular complexity index is 783. The van der Waals surface area contributed by atoms with E-state index in [0.29, 0.717) is 19.3 Å². The van der Waals surface area contributed by atoms with Crippen LogP contribution in [-0.2, 0) is 28.6 Å². The van der Waals surface area contributed by atoms with Crippen molar-refractivity contribution in [2.75, 3.05) is 13.2 Å². The molecule has 0 aromatic heterocycles. The number of rotatable bonds is 41. The van der Waals surface area contributed by atoms with Crippen LogP contribution in [-0.4, -0.2) is 37.2 Å². The number of esters is 3.